The van der Waals surface area contributed by atoms with Crippen LogP contribution in [0.15, 0.2) is 30.3 Å². The zero-order valence-electron chi connectivity index (χ0n) is 8.88. The first-order valence-corrected chi connectivity index (χ1v) is 5.06. The Morgan fingerprint density at radius 3 is 2.39 bits per heavy atom. The Morgan fingerprint density at radius 1 is 1.06 bits per heavy atom. The van der Waals surface area contributed by atoms with Gasteiger partial charge in [-0.3, -0.25) is 10.1 Å². The highest BCUT2D eigenvalue weighted by Crippen LogP contribution is 2.34. The van der Waals surface area contributed by atoms with E-state index in [2.05, 4.69) is 4.74 Å². The van der Waals surface area contributed by atoms with E-state index >= 15 is 0 Å². The number of cyclic esters (lactones) is 2. The fourth-order valence-corrected chi connectivity index (χ4v) is 2.08. The SMILES string of the molecule is O=C1OC(=O)c2c1cc([N+](=O)[O-])c1ccccc21. The van der Waals surface area contributed by atoms with Crippen molar-refractivity contribution in [1.29, 1.82) is 0 Å². The molecule has 3 rings (SSSR count). The molecule has 0 aromatic heterocycles. The molecule has 0 spiro atoms. The predicted octanol–water partition coefficient (Wildman–Crippen LogP) is 2.06. The van der Waals surface area contributed by atoms with Gasteiger partial charge in [0.1, 0.15) is 0 Å². The highest BCUT2D eigenvalue weighted by Gasteiger charge is 2.34. The van der Waals surface area contributed by atoms with E-state index in [0.717, 1.165) is 6.07 Å². The molecule has 0 aliphatic carbocycles. The number of rotatable bonds is 1. The molecule has 0 radical (unpaired) electrons. The van der Waals surface area contributed by atoms with E-state index < -0.39 is 16.9 Å². The summed E-state index contributed by atoms with van der Waals surface area (Å²) in [5.74, 6) is -1.61. The minimum absolute atomic E-state index is 0.0506. The van der Waals surface area contributed by atoms with E-state index in [0.29, 0.717) is 10.8 Å². The van der Waals surface area contributed by atoms with Crippen molar-refractivity contribution in [3.8, 4) is 0 Å². The van der Waals surface area contributed by atoms with Gasteiger partial charge >= 0.3 is 11.9 Å². The van der Waals surface area contributed by atoms with Crippen LogP contribution in [-0.4, -0.2) is 16.9 Å². The molecule has 0 unspecified atom stereocenters. The fraction of sp³-hybridized carbons (Fsp3) is 0. The zero-order chi connectivity index (χ0) is 12.9. The van der Waals surface area contributed by atoms with Gasteiger partial charge in [0.25, 0.3) is 5.69 Å². The summed E-state index contributed by atoms with van der Waals surface area (Å²) < 4.78 is 4.47. The molecule has 0 amide bonds. The van der Waals surface area contributed by atoms with Crippen LogP contribution in [0.3, 0.4) is 0 Å². The van der Waals surface area contributed by atoms with E-state index in [-0.39, 0.29) is 16.8 Å². The number of fused-ring (bicyclic) bond motifs is 3. The van der Waals surface area contributed by atoms with Crippen molar-refractivity contribution in [2.24, 2.45) is 0 Å². The molecular formula is C12H5NO5. The molecule has 0 atom stereocenters. The molecule has 1 aliphatic rings. The van der Waals surface area contributed by atoms with Gasteiger partial charge in [0.2, 0.25) is 0 Å². The van der Waals surface area contributed by atoms with Crippen molar-refractivity contribution in [2.75, 3.05) is 0 Å². The van der Waals surface area contributed by atoms with Crippen LogP contribution in [0.5, 0.6) is 0 Å². The first kappa shape index (κ1) is 10.4. The van der Waals surface area contributed by atoms with Gasteiger partial charge in [-0.25, -0.2) is 9.59 Å². The lowest BCUT2D eigenvalue weighted by Crippen LogP contribution is -1.97. The van der Waals surface area contributed by atoms with Crippen LogP contribution in [0.2, 0.25) is 0 Å². The molecule has 18 heavy (non-hydrogen) atoms. The lowest BCUT2D eigenvalue weighted by atomic mass is 9.99. The van der Waals surface area contributed by atoms with Crippen molar-refractivity contribution in [3.05, 3.63) is 51.6 Å². The molecular weight excluding hydrogens is 238 g/mol. The van der Waals surface area contributed by atoms with Crippen molar-refractivity contribution in [3.63, 3.8) is 0 Å². The van der Waals surface area contributed by atoms with Crippen LogP contribution in [0.4, 0.5) is 5.69 Å². The van der Waals surface area contributed by atoms with E-state index in [9.17, 15) is 19.7 Å². The molecule has 0 saturated carbocycles. The summed E-state index contributed by atoms with van der Waals surface area (Å²) in [6.07, 6.45) is 0. The molecule has 0 N–H and O–H groups in total. The number of hydrogen-bond acceptors (Lipinski definition) is 5. The molecule has 6 nitrogen and oxygen atoms in total. The molecule has 88 valence electrons. The maximum atomic E-state index is 11.6. The van der Waals surface area contributed by atoms with Crippen LogP contribution in [0.1, 0.15) is 20.7 Å². The third-order valence-electron chi connectivity index (χ3n) is 2.83. The normalized spacial score (nSPS) is 13.6. The smallest absolute Gasteiger partial charge is 0.347 e. The molecule has 0 bridgehead atoms. The van der Waals surface area contributed by atoms with Gasteiger partial charge in [0.15, 0.2) is 0 Å². The van der Waals surface area contributed by atoms with Gasteiger partial charge in [-0.15, -0.1) is 0 Å². The van der Waals surface area contributed by atoms with Crippen LogP contribution in [0.25, 0.3) is 10.8 Å². The maximum absolute atomic E-state index is 11.6. The molecule has 1 heterocycles. The molecule has 1 aliphatic heterocycles. The first-order chi connectivity index (χ1) is 8.59. The Bertz CT molecular complexity index is 735. The average Bonchev–Trinajstić information content (AvgIpc) is 2.64. The second kappa shape index (κ2) is 3.36. The molecule has 0 saturated heterocycles. The number of carbonyl (C=O) groups is 2. The van der Waals surface area contributed by atoms with Crippen LogP contribution in [0, 0.1) is 10.1 Å². The quantitative estimate of drug-likeness (QED) is 0.331. The number of hydrogen-bond donors (Lipinski definition) is 0. The second-order valence-corrected chi connectivity index (χ2v) is 3.80. The number of nitro benzene ring substituents is 1. The summed E-state index contributed by atoms with van der Waals surface area (Å²) in [6, 6.07) is 7.45. The van der Waals surface area contributed by atoms with E-state index in [1.165, 1.54) is 6.07 Å². The summed E-state index contributed by atoms with van der Waals surface area (Å²) in [5, 5.41) is 11.6. The minimum Gasteiger partial charge on any atom is -0.386 e. The monoisotopic (exact) mass is 243 g/mol. The van der Waals surface area contributed by atoms with Crippen molar-refractivity contribution in [2.45, 2.75) is 0 Å². The summed E-state index contributed by atoms with van der Waals surface area (Å²) >= 11 is 0. The molecule has 2 aromatic carbocycles. The van der Waals surface area contributed by atoms with E-state index in [1.54, 1.807) is 18.2 Å². The van der Waals surface area contributed by atoms with Crippen molar-refractivity contribution < 1.29 is 19.2 Å². The van der Waals surface area contributed by atoms with E-state index in [4.69, 9.17) is 0 Å². The summed E-state index contributed by atoms with van der Waals surface area (Å²) in [4.78, 5) is 33.4. The lowest BCUT2D eigenvalue weighted by molar-refractivity contribution is -0.383. The zero-order valence-corrected chi connectivity index (χ0v) is 8.88. The van der Waals surface area contributed by atoms with Gasteiger partial charge in [0.05, 0.1) is 21.4 Å². The highest BCUT2D eigenvalue weighted by atomic mass is 16.6. The van der Waals surface area contributed by atoms with Gasteiger partial charge in [0, 0.05) is 11.5 Å². The van der Waals surface area contributed by atoms with Gasteiger partial charge in [-0.1, -0.05) is 18.2 Å². The van der Waals surface area contributed by atoms with Crippen LogP contribution < -0.4 is 0 Å². The van der Waals surface area contributed by atoms with Crippen LogP contribution >= 0.6 is 0 Å². The predicted molar refractivity (Wildman–Crippen MR) is 60.3 cm³/mol. The Kier molecular flexibility index (Phi) is 1.94. The summed E-state index contributed by atoms with van der Waals surface area (Å²) in [6.45, 7) is 0. The Balaban J connectivity index is 2.52. The van der Waals surface area contributed by atoms with Crippen molar-refractivity contribution in [1.82, 2.24) is 0 Å². The summed E-state index contributed by atoms with van der Waals surface area (Å²) in [7, 11) is 0. The standard InChI is InChI=1S/C12H5NO5/c14-11-8-5-9(13(16)17)6-3-1-2-4-7(6)10(8)12(15)18-11/h1-5H. The highest BCUT2D eigenvalue weighted by molar-refractivity contribution is 6.22. The molecule has 0 fully saturated rings. The number of esters is 2. The number of non-ortho nitro benzene ring substituents is 1. The Morgan fingerprint density at radius 2 is 1.72 bits per heavy atom. The van der Waals surface area contributed by atoms with Gasteiger partial charge < -0.3 is 4.74 Å². The van der Waals surface area contributed by atoms with Gasteiger partial charge in [-0.2, -0.15) is 0 Å². The lowest BCUT2D eigenvalue weighted by Gasteiger charge is -2.02. The molecule has 2 aromatic rings. The van der Waals surface area contributed by atoms with E-state index in [1.807, 2.05) is 0 Å². The Labute approximate surface area is 99.9 Å². The van der Waals surface area contributed by atoms with Crippen LogP contribution in [-0.2, 0) is 4.74 Å². The maximum Gasteiger partial charge on any atom is 0.347 e. The largest absolute Gasteiger partial charge is 0.386 e. The number of carbonyl (C=O) groups excluding carboxylic acids is 2. The third-order valence-corrected chi connectivity index (χ3v) is 2.83. The summed E-state index contributed by atoms with van der Waals surface area (Å²) in [5.41, 5.74) is -0.164. The number of benzene rings is 2. The van der Waals surface area contributed by atoms with Gasteiger partial charge in [-0.05, 0) is 6.07 Å². The minimum atomic E-state index is -0.844. The second-order valence-electron chi connectivity index (χ2n) is 3.80. The topological polar surface area (TPSA) is 86.5 Å². The number of nitro groups is 1. The number of ether oxygens (including phenoxy) is 1. The van der Waals surface area contributed by atoms with Crippen molar-refractivity contribution >= 4 is 28.4 Å². The first-order valence-electron chi connectivity index (χ1n) is 5.06. The molecule has 6 heteroatoms. The fourth-order valence-electron chi connectivity index (χ4n) is 2.08. The Hall–Kier alpha value is -2.76. The third kappa shape index (κ3) is 1.22. The number of nitrogens with zero attached hydrogens (tertiary/aromatic N) is 1. The average molecular weight is 243 g/mol.